The third-order valence-corrected chi connectivity index (χ3v) is 4.30. The van der Waals surface area contributed by atoms with E-state index in [-0.39, 0.29) is 11.3 Å². The summed E-state index contributed by atoms with van der Waals surface area (Å²) in [6.45, 7) is 0. The lowest BCUT2D eigenvalue weighted by molar-refractivity contribution is 0.0693. The molecule has 4 aromatic rings. The molecule has 3 N–H and O–H groups in total. The fourth-order valence-electron chi connectivity index (χ4n) is 2.88. The zero-order valence-corrected chi connectivity index (χ0v) is 15.7. The van der Waals surface area contributed by atoms with E-state index >= 15 is 0 Å². The van der Waals surface area contributed by atoms with Crippen molar-refractivity contribution in [3.05, 3.63) is 66.1 Å². The third kappa shape index (κ3) is 3.49. The SMILES string of the molecule is COc1cc(/C=N/Nc2ncnc3c2cnn3-c2ccccc2)cc(C(=O)O)c1O. The van der Waals surface area contributed by atoms with Crippen molar-refractivity contribution < 1.29 is 19.7 Å². The van der Waals surface area contributed by atoms with Crippen LogP contribution in [0.15, 0.2) is 60.1 Å². The molecule has 0 unspecified atom stereocenters. The van der Waals surface area contributed by atoms with Crippen LogP contribution in [0.5, 0.6) is 11.5 Å². The number of carbonyl (C=O) groups is 1. The normalized spacial score (nSPS) is 11.1. The molecular formula is C20H16N6O4. The van der Waals surface area contributed by atoms with Gasteiger partial charge in [-0.3, -0.25) is 5.43 Å². The van der Waals surface area contributed by atoms with E-state index in [4.69, 9.17) is 4.74 Å². The lowest BCUT2D eigenvalue weighted by Gasteiger charge is -2.07. The van der Waals surface area contributed by atoms with Crippen molar-refractivity contribution in [1.82, 2.24) is 19.7 Å². The molecule has 2 aromatic carbocycles. The Morgan fingerprint density at radius 1 is 1.23 bits per heavy atom. The minimum Gasteiger partial charge on any atom is -0.504 e. The zero-order chi connectivity index (χ0) is 21.1. The molecule has 4 rings (SSSR count). The van der Waals surface area contributed by atoms with Gasteiger partial charge in [0.15, 0.2) is 23.0 Å². The Balaban J connectivity index is 1.63. The number of aromatic carboxylic acids is 1. The van der Waals surface area contributed by atoms with Gasteiger partial charge in [-0.05, 0) is 29.8 Å². The van der Waals surface area contributed by atoms with E-state index in [0.29, 0.717) is 22.4 Å². The van der Waals surface area contributed by atoms with Crippen molar-refractivity contribution in [3.63, 3.8) is 0 Å². The second-order valence-electron chi connectivity index (χ2n) is 6.15. The molecule has 0 spiro atoms. The first kappa shape index (κ1) is 18.9. The monoisotopic (exact) mass is 404 g/mol. The summed E-state index contributed by atoms with van der Waals surface area (Å²) in [5.74, 6) is -1.26. The Morgan fingerprint density at radius 3 is 2.77 bits per heavy atom. The first-order valence-corrected chi connectivity index (χ1v) is 8.76. The van der Waals surface area contributed by atoms with E-state index in [1.807, 2.05) is 30.3 Å². The lowest BCUT2D eigenvalue weighted by atomic mass is 10.1. The first-order chi connectivity index (χ1) is 14.6. The van der Waals surface area contributed by atoms with Gasteiger partial charge in [-0.15, -0.1) is 0 Å². The predicted molar refractivity (Wildman–Crippen MR) is 109 cm³/mol. The number of fused-ring (bicyclic) bond motifs is 1. The number of hydrazone groups is 1. The van der Waals surface area contributed by atoms with E-state index < -0.39 is 11.7 Å². The van der Waals surface area contributed by atoms with Crippen molar-refractivity contribution in [2.45, 2.75) is 0 Å². The molecule has 30 heavy (non-hydrogen) atoms. The number of hydrogen-bond donors (Lipinski definition) is 3. The molecule has 0 bridgehead atoms. The van der Waals surface area contributed by atoms with Crippen LogP contribution in [0.25, 0.3) is 16.7 Å². The second kappa shape index (κ2) is 7.87. The summed E-state index contributed by atoms with van der Waals surface area (Å²) in [6.07, 6.45) is 4.42. The highest BCUT2D eigenvalue weighted by Crippen LogP contribution is 2.31. The van der Waals surface area contributed by atoms with E-state index in [0.717, 1.165) is 5.69 Å². The molecule has 0 aliphatic carbocycles. The number of carboxylic acids is 1. The average molecular weight is 404 g/mol. The number of benzene rings is 2. The maximum Gasteiger partial charge on any atom is 0.339 e. The Morgan fingerprint density at radius 2 is 2.03 bits per heavy atom. The highest BCUT2D eigenvalue weighted by atomic mass is 16.5. The van der Waals surface area contributed by atoms with Crippen LogP contribution in [-0.4, -0.2) is 49.3 Å². The van der Waals surface area contributed by atoms with Crippen molar-refractivity contribution in [3.8, 4) is 17.2 Å². The van der Waals surface area contributed by atoms with Crippen molar-refractivity contribution >= 4 is 29.0 Å². The van der Waals surface area contributed by atoms with Crippen LogP contribution in [0.4, 0.5) is 5.82 Å². The molecule has 2 aromatic heterocycles. The molecule has 150 valence electrons. The molecule has 10 nitrogen and oxygen atoms in total. The van der Waals surface area contributed by atoms with Crippen LogP contribution >= 0.6 is 0 Å². The van der Waals surface area contributed by atoms with Crippen LogP contribution < -0.4 is 10.2 Å². The van der Waals surface area contributed by atoms with Crippen molar-refractivity contribution in [2.75, 3.05) is 12.5 Å². The molecule has 0 saturated carbocycles. The molecule has 2 heterocycles. The number of ether oxygens (including phenoxy) is 1. The van der Waals surface area contributed by atoms with Gasteiger partial charge in [0.25, 0.3) is 0 Å². The largest absolute Gasteiger partial charge is 0.504 e. The Hall–Kier alpha value is -4.47. The topological polar surface area (TPSA) is 135 Å². The lowest BCUT2D eigenvalue weighted by Crippen LogP contribution is -2.01. The fourth-order valence-corrected chi connectivity index (χ4v) is 2.88. The summed E-state index contributed by atoms with van der Waals surface area (Å²) in [4.78, 5) is 19.8. The van der Waals surface area contributed by atoms with Crippen LogP contribution in [0.1, 0.15) is 15.9 Å². The molecule has 0 aliphatic heterocycles. The molecule has 0 atom stereocenters. The first-order valence-electron chi connectivity index (χ1n) is 8.76. The summed E-state index contributed by atoms with van der Waals surface area (Å²) < 4.78 is 6.71. The van der Waals surface area contributed by atoms with Crippen LogP contribution in [0.2, 0.25) is 0 Å². The Labute approximate surface area is 170 Å². The van der Waals surface area contributed by atoms with Crippen molar-refractivity contribution in [1.29, 1.82) is 0 Å². The number of phenols is 1. The second-order valence-corrected chi connectivity index (χ2v) is 6.15. The summed E-state index contributed by atoms with van der Waals surface area (Å²) in [7, 11) is 1.34. The van der Waals surface area contributed by atoms with Crippen LogP contribution in [0, 0.1) is 0 Å². The van der Waals surface area contributed by atoms with Gasteiger partial charge >= 0.3 is 5.97 Å². The van der Waals surface area contributed by atoms with Crippen LogP contribution in [-0.2, 0) is 0 Å². The van der Waals surface area contributed by atoms with Gasteiger partial charge in [0.2, 0.25) is 0 Å². The number of carboxylic acid groups (broad SMARTS) is 1. The molecule has 0 aliphatic rings. The molecule has 0 fully saturated rings. The molecular weight excluding hydrogens is 388 g/mol. The average Bonchev–Trinajstić information content (AvgIpc) is 3.20. The highest BCUT2D eigenvalue weighted by molar-refractivity contribution is 5.95. The van der Waals surface area contributed by atoms with Crippen molar-refractivity contribution in [2.24, 2.45) is 5.10 Å². The summed E-state index contributed by atoms with van der Waals surface area (Å²) >= 11 is 0. The Kier molecular flexibility index (Phi) is 4.95. The number of hydrogen-bond acceptors (Lipinski definition) is 8. The van der Waals surface area contributed by atoms with E-state index in [1.165, 1.54) is 31.8 Å². The summed E-state index contributed by atoms with van der Waals surface area (Å²) in [5.41, 5.74) is 4.41. The molecule has 0 radical (unpaired) electrons. The maximum absolute atomic E-state index is 11.3. The molecule has 0 amide bonds. The number of aromatic nitrogens is 4. The van der Waals surface area contributed by atoms with Gasteiger partial charge in [0, 0.05) is 0 Å². The highest BCUT2D eigenvalue weighted by Gasteiger charge is 2.16. The summed E-state index contributed by atoms with van der Waals surface area (Å²) in [6, 6.07) is 12.3. The van der Waals surface area contributed by atoms with Gasteiger partial charge in [-0.2, -0.15) is 10.2 Å². The third-order valence-electron chi connectivity index (χ3n) is 4.30. The quantitative estimate of drug-likeness (QED) is 0.330. The minimum atomic E-state index is -1.28. The number of rotatable bonds is 6. The van der Waals surface area contributed by atoms with E-state index in [9.17, 15) is 15.0 Å². The number of methoxy groups -OCH3 is 1. The standard InChI is InChI=1S/C20H16N6O4/c1-30-16-8-12(7-14(17(16)27)20(28)29)9-23-25-18-15-10-24-26(19(15)22-11-21-18)13-5-3-2-4-6-13/h2-11,27H,1H3,(H,28,29)(H,21,22,25)/b23-9+. The van der Waals surface area contributed by atoms with Gasteiger partial charge in [0.05, 0.1) is 30.6 Å². The number of aromatic hydroxyl groups is 1. The number of anilines is 1. The number of nitrogens with zero attached hydrogens (tertiary/aromatic N) is 5. The van der Waals surface area contributed by atoms with E-state index in [2.05, 4.69) is 25.6 Å². The predicted octanol–water partition coefficient (Wildman–Crippen LogP) is 2.67. The smallest absolute Gasteiger partial charge is 0.339 e. The van der Waals surface area contributed by atoms with Crippen LogP contribution in [0.3, 0.4) is 0 Å². The van der Waals surface area contributed by atoms with E-state index in [1.54, 1.807) is 10.9 Å². The van der Waals surface area contributed by atoms with Gasteiger partial charge in [-0.1, -0.05) is 18.2 Å². The minimum absolute atomic E-state index is 0.0323. The molecule has 10 heteroatoms. The summed E-state index contributed by atoms with van der Waals surface area (Å²) in [5, 5.41) is 28.3. The zero-order valence-electron chi connectivity index (χ0n) is 15.7. The number of nitrogens with one attached hydrogen (secondary N) is 1. The Bertz CT molecular complexity index is 1250. The number of para-hydroxylation sites is 1. The molecule has 0 saturated heterocycles. The maximum atomic E-state index is 11.3. The van der Waals surface area contributed by atoms with Gasteiger partial charge in [-0.25, -0.2) is 19.4 Å². The van der Waals surface area contributed by atoms with Gasteiger partial charge < -0.3 is 14.9 Å². The van der Waals surface area contributed by atoms with Gasteiger partial charge in [0.1, 0.15) is 11.9 Å². The fraction of sp³-hybridized carbons (Fsp3) is 0.0500.